The summed E-state index contributed by atoms with van der Waals surface area (Å²) in [6.45, 7) is 5.43. The Morgan fingerprint density at radius 2 is 2.00 bits per heavy atom. The van der Waals surface area contributed by atoms with Crippen LogP contribution in [0.15, 0.2) is 17.0 Å². The Morgan fingerprint density at radius 1 is 1.33 bits per heavy atom. The summed E-state index contributed by atoms with van der Waals surface area (Å²) in [6.07, 6.45) is 1.93. The van der Waals surface area contributed by atoms with Crippen molar-refractivity contribution >= 4 is 45.0 Å². The highest BCUT2D eigenvalue weighted by Crippen LogP contribution is 2.31. The van der Waals surface area contributed by atoms with Gasteiger partial charge in [0, 0.05) is 28.9 Å². The van der Waals surface area contributed by atoms with E-state index >= 15 is 0 Å². The van der Waals surface area contributed by atoms with Crippen molar-refractivity contribution in [2.75, 3.05) is 19.3 Å². The average Bonchev–Trinajstić information content (AvgIpc) is 2.44. The Morgan fingerprint density at radius 3 is 2.57 bits per heavy atom. The molecule has 0 radical (unpaired) electrons. The number of thioether (sulfide) groups is 1. The minimum atomic E-state index is -3.64. The molecule has 2 N–H and O–H groups in total. The maximum absolute atomic E-state index is 12.3. The zero-order valence-electron chi connectivity index (χ0n) is 12.2. The molecule has 1 unspecified atom stereocenters. The van der Waals surface area contributed by atoms with E-state index in [1.165, 1.54) is 6.07 Å². The fourth-order valence-electron chi connectivity index (χ4n) is 1.58. The lowest BCUT2D eigenvalue weighted by atomic mass is 10.2. The van der Waals surface area contributed by atoms with Crippen molar-refractivity contribution in [1.82, 2.24) is 10.0 Å². The first-order valence-corrected chi connectivity index (χ1v) is 10.1. The molecule has 21 heavy (non-hydrogen) atoms. The fraction of sp³-hybridized carbons (Fsp3) is 0.538. The van der Waals surface area contributed by atoms with Crippen LogP contribution in [-0.2, 0) is 16.6 Å². The van der Waals surface area contributed by atoms with E-state index in [1.54, 1.807) is 17.8 Å². The van der Waals surface area contributed by atoms with Crippen molar-refractivity contribution < 1.29 is 8.42 Å². The highest BCUT2D eigenvalue weighted by molar-refractivity contribution is 7.99. The molecule has 1 aromatic carbocycles. The number of rotatable bonds is 8. The van der Waals surface area contributed by atoms with E-state index in [4.69, 9.17) is 23.2 Å². The summed E-state index contributed by atoms with van der Waals surface area (Å²) in [6, 6.07) is 3.00. The van der Waals surface area contributed by atoms with Crippen LogP contribution in [0.4, 0.5) is 0 Å². The zero-order chi connectivity index (χ0) is 16.0. The summed E-state index contributed by atoms with van der Waals surface area (Å²) in [4.78, 5) is 0.0646. The van der Waals surface area contributed by atoms with Gasteiger partial charge in [-0.15, -0.1) is 0 Å². The molecule has 1 aromatic rings. The number of nitrogens with one attached hydrogen (secondary N) is 2. The predicted octanol–water partition coefficient (Wildman–Crippen LogP) is 3.13. The average molecular weight is 371 g/mol. The van der Waals surface area contributed by atoms with E-state index in [1.807, 2.05) is 20.1 Å². The number of benzene rings is 1. The minimum absolute atomic E-state index is 0.0646. The van der Waals surface area contributed by atoms with Gasteiger partial charge in [-0.05, 0) is 24.9 Å². The third kappa shape index (κ3) is 5.30. The largest absolute Gasteiger partial charge is 0.313 e. The van der Waals surface area contributed by atoms with Crippen molar-refractivity contribution in [2.45, 2.75) is 30.5 Å². The van der Waals surface area contributed by atoms with E-state index in [2.05, 4.69) is 10.0 Å². The number of hydrogen-bond donors (Lipinski definition) is 2. The first-order chi connectivity index (χ1) is 9.83. The van der Waals surface area contributed by atoms with Gasteiger partial charge in [0.1, 0.15) is 4.90 Å². The van der Waals surface area contributed by atoms with Crippen molar-refractivity contribution in [1.29, 1.82) is 0 Å². The number of sulfonamides is 1. The monoisotopic (exact) mass is 370 g/mol. The molecule has 0 spiro atoms. The molecule has 0 aromatic heterocycles. The molecule has 0 saturated carbocycles. The molecule has 0 aliphatic carbocycles. The molecular weight excluding hydrogens is 351 g/mol. The zero-order valence-corrected chi connectivity index (χ0v) is 15.4. The summed E-state index contributed by atoms with van der Waals surface area (Å²) in [5.41, 5.74) is 0.598. The quantitative estimate of drug-likeness (QED) is 0.737. The molecule has 1 rings (SSSR count). The summed E-state index contributed by atoms with van der Waals surface area (Å²) < 4.78 is 27.3. The molecule has 0 bridgehead atoms. The van der Waals surface area contributed by atoms with E-state index < -0.39 is 10.0 Å². The predicted molar refractivity (Wildman–Crippen MR) is 92.0 cm³/mol. The van der Waals surface area contributed by atoms with E-state index in [0.29, 0.717) is 23.7 Å². The molecule has 0 aliphatic rings. The van der Waals surface area contributed by atoms with Gasteiger partial charge in [0.05, 0.1) is 5.02 Å². The first kappa shape index (κ1) is 19.1. The third-order valence-corrected chi connectivity index (χ3v) is 6.29. The fourth-order valence-corrected chi connectivity index (χ4v) is 3.98. The van der Waals surface area contributed by atoms with Crippen molar-refractivity contribution in [3.8, 4) is 0 Å². The lowest BCUT2D eigenvalue weighted by Gasteiger charge is -2.14. The van der Waals surface area contributed by atoms with Gasteiger partial charge in [0.25, 0.3) is 0 Å². The van der Waals surface area contributed by atoms with Gasteiger partial charge in [-0.1, -0.05) is 37.0 Å². The van der Waals surface area contributed by atoms with Gasteiger partial charge >= 0.3 is 0 Å². The molecule has 120 valence electrons. The van der Waals surface area contributed by atoms with E-state index in [0.717, 1.165) is 6.54 Å². The summed E-state index contributed by atoms with van der Waals surface area (Å²) >= 11 is 13.9. The van der Waals surface area contributed by atoms with Gasteiger partial charge in [-0.2, -0.15) is 11.8 Å². The maximum atomic E-state index is 12.3. The topological polar surface area (TPSA) is 58.2 Å². The Bertz CT molecular complexity index is 580. The number of halogens is 2. The van der Waals surface area contributed by atoms with E-state index in [9.17, 15) is 8.42 Å². The van der Waals surface area contributed by atoms with Gasteiger partial charge < -0.3 is 5.32 Å². The summed E-state index contributed by atoms with van der Waals surface area (Å²) in [7, 11) is -3.64. The van der Waals surface area contributed by atoms with Crippen molar-refractivity contribution in [3.05, 3.63) is 27.7 Å². The summed E-state index contributed by atoms with van der Waals surface area (Å²) in [5, 5.41) is 3.91. The number of hydrogen-bond acceptors (Lipinski definition) is 4. The lowest BCUT2D eigenvalue weighted by molar-refractivity contribution is 0.581. The van der Waals surface area contributed by atoms with Crippen LogP contribution in [0.3, 0.4) is 0 Å². The Labute approximate surface area is 141 Å². The normalized spacial score (nSPS) is 13.4. The second kappa shape index (κ2) is 8.60. The van der Waals surface area contributed by atoms with Gasteiger partial charge in [-0.3, -0.25) is 0 Å². The summed E-state index contributed by atoms with van der Waals surface area (Å²) in [5.74, 6) is 0. The molecule has 4 nitrogen and oxygen atoms in total. The SMILES string of the molecule is CCNCc1c(Cl)ccc(S(=O)(=O)NCC(C)SC)c1Cl. The van der Waals surface area contributed by atoms with Crippen LogP contribution in [-0.4, -0.2) is 33.0 Å². The van der Waals surface area contributed by atoms with Crippen molar-refractivity contribution in [3.63, 3.8) is 0 Å². The van der Waals surface area contributed by atoms with Crippen LogP contribution >= 0.6 is 35.0 Å². The maximum Gasteiger partial charge on any atom is 0.242 e. The second-order valence-electron chi connectivity index (χ2n) is 4.52. The van der Waals surface area contributed by atoms with Crippen LogP contribution in [0.25, 0.3) is 0 Å². The smallest absolute Gasteiger partial charge is 0.242 e. The highest BCUT2D eigenvalue weighted by Gasteiger charge is 2.21. The first-order valence-electron chi connectivity index (χ1n) is 6.53. The third-order valence-electron chi connectivity index (χ3n) is 2.96. The van der Waals surface area contributed by atoms with Crippen LogP contribution in [0.2, 0.25) is 10.0 Å². The molecule has 0 amide bonds. The minimum Gasteiger partial charge on any atom is -0.313 e. The lowest BCUT2D eigenvalue weighted by Crippen LogP contribution is -2.30. The molecule has 1 atom stereocenters. The second-order valence-corrected chi connectivity index (χ2v) is 8.31. The Balaban J connectivity index is 3.07. The molecular formula is C13H20Cl2N2O2S2. The van der Waals surface area contributed by atoms with E-state index in [-0.39, 0.29) is 15.2 Å². The molecule has 0 aliphatic heterocycles. The molecule has 0 fully saturated rings. The Hall–Kier alpha value is 0.0200. The van der Waals surface area contributed by atoms with Gasteiger partial charge in [-0.25, -0.2) is 13.1 Å². The Kier molecular flexibility index (Phi) is 7.81. The van der Waals surface area contributed by atoms with Crippen LogP contribution < -0.4 is 10.0 Å². The molecule has 0 heterocycles. The van der Waals surface area contributed by atoms with Gasteiger partial charge in [0.15, 0.2) is 0 Å². The highest BCUT2D eigenvalue weighted by atomic mass is 35.5. The van der Waals surface area contributed by atoms with Crippen LogP contribution in [0, 0.1) is 0 Å². The van der Waals surface area contributed by atoms with Crippen LogP contribution in [0.5, 0.6) is 0 Å². The molecule has 0 saturated heterocycles. The van der Waals surface area contributed by atoms with Crippen LogP contribution in [0.1, 0.15) is 19.4 Å². The molecule has 8 heteroatoms. The standard InChI is InChI=1S/C13H20Cl2N2O2S2/c1-4-16-8-10-11(14)5-6-12(13(10)15)21(18,19)17-7-9(2)20-3/h5-6,9,16-17H,4,7-8H2,1-3H3. The van der Waals surface area contributed by atoms with Crippen molar-refractivity contribution in [2.24, 2.45) is 0 Å². The van der Waals surface area contributed by atoms with Gasteiger partial charge in [0.2, 0.25) is 10.0 Å².